The van der Waals surface area contributed by atoms with Crippen molar-refractivity contribution in [3.63, 3.8) is 0 Å². The van der Waals surface area contributed by atoms with Crippen LogP contribution in [0.15, 0.2) is 0 Å². The first-order valence-corrected chi connectivity index (χ1v) is 19.7. The summed E-state index contributed by atoms with van der Waals surface area (Å²) in [5.74, 6) is -6.96. The van der Waals surface area contributed by atoms with Gasteiger partial charge in [-0.1, -0.05) is 0 Å². The Morgan fingerprint density at radius 2 is 1.36 bits per heavy atom. The number of hydrogen-bond acceptors (Lipinski definition) is 25. The second-order valence-corrected chi connectivity index (χ2v) is 15.7. The molecule has 4 rings (SSSR count). The van der Waals surface area contributed by atoms with Crippen molar-refractivity contribution in [1.29, 1.82) is 0 Å². The minimum atomic E-state index is -5.29. The fourth-order valence-corrected chi connectivity index (χ4v) is 7.40. The van der Waals surface area contributed by atoms with Crippen LogP contribution < -0.4 is 10.6 Å². The number of carbonyl (C=O) groups excluding carboxylic acids is 2. The average molecular weight is 917 g/mol. The molecule has 1 unspecified atom stereocenters. The van der Waals surface area contributed by atoms with Crippen LogP contribution in [0.25, 0.3) is 0 Å². The molecule has 4 fully saturated rings. The normalized spacial score (nSPS) is 43.2. The molecule has 0 bridgehead atoms. The van der Waals surface area contributed by atoms with Gasteiger partial charge in [0.25, 0.3) is 5.79 Å². The Labute approximate surface area is 344 Å². The Hall–Kier alpha value is -2.48. The first kappa shape index (κ1) is 51.2. The Balaban J connectivity index is 1.66. The number of amides is 2. The monoisotopic (exact) mass is 916 g/mol. The molecule has 0 spiro atoms. The first-order chi connectivity index (χ1) is 28.4. The summed E-state index contributed by atoms with van der Waals surface area (Å²) in [5, 5.41) is 141. The standard InChI is InChI=1S/C31H52N2O27S/c1-8(36)32-15-10(38)3-31(30(48)49,59-25(15)17(40)11(39)4-34)60-26-19(42)12(5-35)56-29(23(26)46)58-24-14(7-54-61(50,51)52)57-28(16(20(24)43)33-9(2)37)53-6-13-18(41)21(44)22(45)27(47)55-13/h10-29,34-35,38-47H,3-7H2,1-2H3,(H,32,36)(H,33,37)(H,48,49)(H,50,51,52)/t10-,11+,12+,13+,14+,15+,16+,17+,18+,19-,20+,21-,22-,23+,24+,25+,26-,27?,28+,29-,31-/m0/s1. The number of aliphatic hydroxyl groups excluding tert-OH is 12. The molecule has 61 heavy (non-hydrogen) atoms. The van der Waals surface area contributed by atoms with E-state index in [-0.39, 0.29) is 0 Å². The van der Waals surface area contributed by atoms with Gasteiger partial charge in [0.05, 0.1) is 38.6 Å². The summed E-state index contributed by atoms with van der Waals surface area (Å²) in [7, 11) is -5.29. The Kier molecular flexibility index (Phi) is 17.6. The number of carboxylic acids is 1. The predicted molar refractivity (Wildman–Crippen MR) is 185 cm³/mol. The minimum Gasteiger partial charge on any atom is -0.477 e. The maximum atomic E-state index is 12.9. The highest BCUT2D eigenvalue weighted by atomic mass is 32.3. The van der Waals surface area contributed by atoms with Gasteiger partial charge < -0.3 is 110 Å². The maximum absolute atomic E-state index is 12.9. The van der Waals surface area contributed by atoms with E-state index in [2.05, 4.69) is 14.8 Å². The van der Waals surface area contributed by atoms with Crippen molar-refractivity contribution in [2.24, 2.45) is 0 Å². The summed E-state index contributed by atoms with van der Waals surface area (Å²) in [5.41, 5.74) is 0. The summed E-state index contributed by atoms with van der Waals surface area (Å²) in [6.45, 7) is -2.38. The molecule has 16 N–H and O–H groups in total. The molecule has 0 aliphatic carbocycles. The molecule has 0 aromatic heterocycles. The molecule has 0 saturated carbocycles. The van der Waals surface area contributed by atoms with Gasteiger partial charge in [-0.05, 0) is 0 Å². The number of nitrogens with one attached hydrogen (secondary N) is 2. The van der Waals surface area contributed by atoms with Crippen LogP contribution in [0.4, 0.5) is 0 Å². The van der Waals surface area contributed by atoms with Gasteiger partial charge in [0, 0.05) is 20.3 Å². The van der Waals surface area contributed by atoms with Gasteiger partial charge >= 0.3 is 16.4 Å². The lowest BCUT2D eigenvalue weighted by molar-refractivity contribution is -0.383. The summed E-state index contributed by atoms with van der Waals surface area (Å²) >= 11 is 0. The Bertz CT molecular complexity index is 1600. The van der Waals surface area contributed by atoms with Gasteiger partial charge in [0.15, 0.2) is 18.9 Å². The molecule has 4 heterocycles. The lowest BCUT2D eigenvalue weighted by atomic mass is 9.88. The van der Waals surface area contributed by atoms with E-state index in [1.807, 2.05) is 0 Å². The summed E-state index contributed by atoms with van der Waals surface area (Å²) in [6.07, 6.45) is -38.0. The second-order valence-electron chi connectivity index (χ2n) is 14.6. The van der Waals surface area contributed by atoms with E-state index in [4.69, 9.17) is 33.2 Å². The van der Waals surface area contributed by atoms with E-state index in [0.29, 0.717) is 0 Å². The number of carboxylic acid groups (broad SMARTS) is 1. The molecule has 0 aromatic rings. The zero-order valence-corrected chi connectivity index (χ0v) is 32.9. The van der Waals surface area contributed by atoms with Crippen LogP contribution in [0.2, 0.25) is 0 Å². The van der Waals surface area contributed by atoms with Crippen LogP contribution in [0.3, 0.4) is 0 Å². The molecule has 29 nitrogen and oxygen atoms in total. The van der Waals surface area contributed by atoms with Crippen molar-refractivity contribution < 1.29 is 131 Å². The molecule has 4 aliphatic rings. The minimum absolute atomic E-state index is 0.821. The number of rotatable bonds is 17. The zero-order valence-electron chi connectivity index (χ0n) is 32.1. The molecular weight excluding hydrogens is 864 g/mol. The van der Waals surface area contributed by atoms with Crippen LogP contribution in [0.5, 0.6) is 0 Å². The third-order valence-corrected chi connectivity index (χ3v) is 10.6. The van der Waals surface area contributed by atoms with Gasteiger partial charge in [0.2, 0.25) is 11.8 Å². The van der Waals surface area contributed by atoms with Crippen LogP contribution in [0.1, 0.15) is 20.3 Å². The van der Waals surface area contributed by atoms with Gasteiger partial charge in [0.1, 0.15) is 91.5 Å². The lowest BCUT2D eigenvalue weighted by Crippen LogP contribution is -2.71. The average Bonchev–Trinajstić information content (AvgIpc) is 3.18. The van der Waals surface area contributed by atoms with Crippen molar-refractivity contribution in [2.75, 3.05) is 26.4 Å². The third-order valence-electron chi connectivity index (χ3n) is 10.2. The molecule has 0 aromatic carbocycles. The lowest BCUT2D eigenvalue weighted by Gasteiger charge is -2.51. The third kappa shape index (κ3) is 12.0. The number of ether oxygens (including phenoxy) is 7. The van der Waals surface area contributed by atoms with E-state index in [9.17, 15) is 93.7 Å². The second kappa shape index (κ2) is 21.0. The van der Waals surface area contributed by atoms with E-state index in [1.54, 1.807) is 0 Å². The zero-order chi connectivity index (χ0) is 45.9. The molecule has 4 aliphatic heterocycles. The highest BCUT2D eigenvalue weighted by Crippen LogP contribution is 2.38. The van der Waals surface area contributed by atoms with Crippen molar-refractivity contribution in [2.45, 2.75) is 149 Å². The number of carbonyl (C=O) groups is 3. The quantitative estimate of drug-likeness (QED) is 0.0602. The van der Waals surface area contributed by atoms with E-state index in [1.165, 1.54) is 0 Å². The van der Waals surface area contributed by atoms with E-state index >= 15 is 0 Å². The highest BCUT2D eigenvalue weighted by Gasteiger charge is 2.60. The van der Waals surface area contributed by atoms with Gasteiger partial charge in [-0.2, -0.15) is 8.42 Å². The van der Waals surface area contributed by atoms with E-state index < -0.39 is 189 Å². The highest BCUT2D eigenvalue weighted by molar-refractivity contribution is 7.80. The molecule has 21 atom stereocenters. The van der Waals surface area contributed by atoms with Crippen molar-refractivity contribution in [1.82, 2.24) is 10.6 Å². The van der Waals surface area contributed by atoms with Crippen LogP contribution in [0, 0.1) is 0 Å². The van der Waals surface area contributed by atoms with Crippen molar-refractivity contribution in [3.05, 3.63) is 0 Å². The van der Waals surface area contributed by atoms with Crippen molar-refractivity contribution in [3.8, 4) is 0 Å². The van der Waals surface area contributed by atoms with Crippen LogP contribution in [-0.4, -0.2) is 252 Å². The smallest absolute Gasteiger partial charge is 0.397 e. The molecule has 2 amide bonds. The molecule has 30 heteroatoms. The predicted octanol–water partition coefficient (Wildman–Crippen LogP) is -10.4. The first-order valence-electron chi connectivity index (χ1n) is 18.4. The summed E-state index contributed by atoms with van der Waals surface area (Å²) < 4.78 is 75.7. The van der Waals surface area contributed by atoms with Gasteiger partial charge in [-0.3, -0.25) is 14.1 Å². The van der Waals surface area contributed by atoms with Gasteiger partial charge in [-0.25, -0.2) is 8.98 Å². The number of aliphatic hydroxyl groups is 12. The van der Waals surface area contributed by atoms with E-state index in [0.717, 1.165) is 13.8 Å². The fourth-order valence-electron chi connectivity index (χ4n) is 7.09. The Morgan fingerprint density at radius 1 is 0.754 bits per heavy atom. The molecule has 354 valence electrons. The van der Waals surface area contributed by atoms with Gasteiger partial charge in [-0.15, -0.1) is 0 Å². The molecule has 0 radical (unpaired) electrons. The topological polar surface area (TPSA) is 466 Å². The number of aliphatic carboxylic acids is 1. The maximum Gasteiger partial charge on any atom is 0.397 e. The SMILES string of the molecule is CC(=O)N[C@H]1[C@H](OC[C@H]2OC(O)[C@@H](O)[C@@H](O)[C@@H]2O)O[C@H](COS(=O)(=O)O)[C@@H](O[C@@H]2O[C@H](CO)[C@H](O)[C@H](O[C@]3(C(=O)O)C[C@H](O)[C@@H](NC(C)=O)[C@H]([C@H](O)[C@H](O)CO)O3)[C@H]2O)[C@@H]1O. The molecular formula is C31H52N2O27S. The van der Waals surface area contributed by atoms with Crippen LogP contribution >= 0.6 is 0 Å². The van der Waals surface area contributed by atoms with Crippen LogP contribution in [-0.2, 0) is 62.1 Å². The van der Waals surface area contributed by atoms with Crippen molar-refractivity contribution >= 4 is 28.2 Å². The largest absolute Gasteiger partial charge is 0.477 e. The summed E-state index contributed by atoms with van der Waals surface area (Å²) in [4.78, 5) is 37.0. The fraction of sp³-hybridized carbons (Fsp3) is 0.903. The molecule has 4 saturated heterocycles. The Morgan fingerprint density at radius 3 is 1.92 bits per heavy atom. The summed E-state index contributed by atoms with van der Waals surface area (Å²) in [6, 6.07) is -3.42. The number of hydrogen-bond donors (Lipinski definition) is 16.